The Morgan fingerprint density at radius 1 is 0.955 bits per heavy atom. The maximum absolute atomic E-state index is 6.31. The Balaban J connectivity index is 1.95. The number of allylic oxidation sites excluding steroid dienone is 1. The minimum Gasteiger partial charge on any atom is -0.384 e. The largest absolute Gasteiger partial charge is 0.384 e. The van der Waals surface area contributed by atoms with Gasteiger partial charge in [0, 0.05) is 0 Å². The Kier molecular flexibility index (Phi) is 4.29. The van der Waals surface area contributed by atoms with Gasteiger partial charge in [-0.15, -0.1) is 0 Å². The predicted molar refractivity (Wildman–Crippen MR) is 94.1 cm³/mol. The maximum Gasteiger partial charge on any atom is 0.333 e. The highest BCUT2D eigenvalue weighted by atomic mass is 28.4. The van der Waals surface area contributed by atoms with Gasteiger partial charge in [-0.1, -0.05) is 60.7 Å². The van der Waals surface area contributed by atoms with E-state index in [-0.39, 0.29) is 12.2 Å². The first-order valence-corrected chi connectivity index (χ1v) is 10.5. The molecule has 0 N–H and O–H groups in total. The van der Waals surface area contributed by atoms with Crippen LogP contribution in [0.2, 0.25) is 13.1 Å². The third-order valence-corrected chi connectivity index (χ3v) is 5.45. The molecule has 0 spiro atoms. The van der Waals surface area contributed by atoms with Gasteiger partial charge in [-0.2, -0.15) is 0 Å². The summed E-state index contributed by atoms with van der Waals surface area (Å²) in [7, 11) is -2.17. The molecule has 0 fully saturated rings. The molecule has 2 aromatic rings. The van der Waals surface area contributed by atoms with Crippen LogP contribution in [0.4, 0.5) is 0 Å². The molecule has 22 heavy (non-hydrogen) atoms. The van der Waals surface area contributed by atoms with Gasteiger partial charge in [-0.05, 0) is 42.4 Å². The smallest absolute Gasteiger partial charge is 0.333 e. The van der Waals surface area contributed by atoms with E-state index in [9.17, 15) is 0 Å². The van der Waals surface area contributed by atoms with Crippen LogP contribution in [0.15, 0.2) is 66.8 Å². The Labute approximate surface area is 133 Å². The van der Waals surface area contributed by atoms with E-state index < -0.39 is 8.56 Å². The predicted octanol–water partition coefficient (Wildman–Crippen LogP) is 5.13. The van der Waals surface area contributed by atoms with E-state index in [0.717, 1.165) is 0 Å². The first kappa shape index (κ1) is 15.2. The van der Waals surface area contributed by atoms with Crippen molar-refractivity contribution in [3.8, 4) is 0 Å². The summed E-state index contributed by atoms with van der Waals surface area (Å²) in [5, 5.41) is 2.50. The van der Waals surface area contributed by atoms with Crippen LogP contribution in [0.5, 0.6) is 0 Å². The zero-order valence-electron chi connectivity index (χ0n) is 13.3. The van der Waals surface area contributed by atoms with Crippen molar-refractivity contribution in [1.29, 1.82) is 0 Å². The number of rotatable bonds is 2. The SMILES string of the molecule is C/C=C/[C@@H]1C=C[C@H](c2ccc3ccccc3c2)O[Si](C)(C)O1. The fourth-order valence-corrected chi connectivity index (χ4v) is 4.50. The molecule has 0 saturated carbocycles. The molecule has 0 aromatic heterocycles. The van der Waals surface area contributed by atoms with Crippen molar-refractivity contribution in [3.63, 3.8) is 0 Å². The molecule has 0 unspecified atom stereocenters. The van der Waals surface area contributed by atoms with Crippen LogP contribution in [0.1, 0.15) is 18.6 Å². The summed E-state index contributed by atoms with van der Waals surface area (Å²) < 4.78 is 12.4. The topological polar surface area (TPSA) is 18.5 Å². The van der Waals surface area contributed by atoms with Crippen molar-refractivity contribution >= 4 is 19.3 Å². The molecule has 2 aromatic carbocycles. The van der Waals surface area contributed by atoms with Crippen molar-refractivity contribution in [1.82, 2.24) is 0 Å². The third kappa shape index (κ3) is 3.38. The molecule has 2 atom stereocenters. The molecule has 3 rings (SSSR count). The van der Waals surface area contributed by atoms with Crippen LogP contribution in [0, 0.1) is 0 Å². The van der Waals surface area contributed by atoms with Crippen molar-refractivity contribution < 1.29 is 8.85 Å². The second-order valence-electron chi connectivity index (χ2n) is 6.04. The molecule has 3 heteroatoms. The van der Waals surface area contributed by atoms with Gasteiger partial charge in [-0.3, -0.25) is 0 Å². The zero-order chi connectivity index (χ0) is 15.6. The highest BCUT2D eigenvalue weighted by Gasteiger charge is 2.32. The molecule has 0 bridgehead atoms. The van der Waals surface area contributed by atoms with E-state index in [1.54, 1.807) is 0 Å². The molecular weight excluding hydrogens is 288 g/mol. The lowest BCUT2D eigenvalue weighted by molar-refractivity contribution is 0.151. The molecule has 0 radical (unpaired) electrons. The van der Waals surface area contributed by atoms with E-state index >= 15 is 0 Å². The van der Waals surface area contributed by atoms with Gasteiger partial charge in [-0.25, -0.2) is 0 Å². The fourth-order valence-electron chi connectivity index (χ4n) is 2.81. The highest BCUT2D eigenvalue weighted by Crippen LogP contribution is 2.30. The molecular formula is C19H22O2Si. The maximum atomic E-state index is 6.31. The van der Waals surface area contributed by atoms with Crippen molar-refractivity contribution in [2.75, 3.05) is 0 Å². The quantitative estimate of drug-likeness (QED) is 0.565. The second kappa shape index (κ2) is 6.21. The van der Waals surface area contributed by atoms with Crippen LogP contribution < -0.4 is 0 Å². The summed E-state index contributed by atoms with van der Waals surface area (Å²) >= 11 is 0. The zero-order valence-corrected chi connectivity index (χ0v) is 14.3. The number of fused-ring (bicyclic) bond motifs is 1. The number of hydrogen-bond acceptors (Lipinski definition) is 2. The molecule has 114 valence electrons. The Morgan fingerprint density at radius 3 is 2.50 bits per heavy atom. The summed E-state index contributed by atoms with van der Waals surface area (Å²) in [5.41, 5.74) is 1.18. The van der Waals surface area contributed by atoms with Gasteiger partial charge in [0.2, 0.25) is 0 Å². The molecule has 1 aliphatic rings. The minimum atomic E-state index is -2.17. The van der Waals surface area contributed by atoms with Crippen LogP contribution in [0.3, 0.4) is 0 Å². The Morgan fingerprint density at radius 2 is 1.73 bits per heavy atom. The molecule has 1 heterocycles. The van der Waals surface area contributed by atoms with E-state index in [0.29, 0.717) is 0 Å². The molecule has 0 amide bonds. The van der Waals surface area contributed by atoms with E-state index in [2.05, 4.69) is 73.8 Å². The average molecular weight is 310 g/mol. The lowest BCUT2D eigenvalue weighted by atomic mass is 10.0. The van der Waals surface area contributed by atoms with Crippen molar-refractivity contribution in [2.45, 2.75) is 32.2 Å². The standard InChI is InChI=1S/C19H22O2Si/c1-4-7-18-12-13-19(21-22(2,3)20-18)17-11-10-15-8-5-6-9-16(15)14-17/h4-14,18-19H,1-3H3/b7-4+/t18-,19-/m1/s1. The number of benzene rings is 2. The molecule has 1 aliphatic heterocycles. The summed E-state index contributed by atoms with van der Waals surface area (Å²) in [4.78, 5) is 0. The van der Waals surface area contributed by atoms with Crippen LogP contribution in [-0.2, 0) is 8.85 Å². The Hall–Kier alpha value is -1.68. The van der Waals surface area contributed by atoms with E-state index in [4.69, 9.17) is 8.85 Å². The first-order chi connectivity index (χ1) is 10.6. The van der Waals surface area contributed by atoms with Crippen LogP contribution >= 0.6 is 0 Å². The van der Waals surface area contributed by atoms with Gasteiger partial charge in [0.15, 0.2) is 0 Å². The molecule has 0 aliphatic carbocycles. The lowest BCUT2D eigenvalue weighted by Gasteiger charge is -2.27. The van der Waals surface area contributed by atoms with Crippen LogP contribution in [-0.4, -0.2) is 14.7 Å². The molecule has 0 saturated heterocycles. The first-order valence-electron chi connectivity index (χ1n) is 7.73. The number of hydrogen-bond donors (Lipinski definition) is 0. The van der Waals surface area contributed by atoms with Gasteiger partial charge in [0.25, 0.3) is 0 Å². The van der Waals surface area contributed by atoms with Crippen LogP contribution in [0.25, 0.3) is 10.8 Å². The van der Waals surface area contributed by atoms with Gasteiger partial charge in [0.1, 0.15) is 0 Å². The second-order valence-corrected chi connectivity index (χ2v) is 9.31. The monoisotopic (exact) mass is 310 g/mol. The summed E-state index contributed by atoms with van der Waals surface area (Å²) in [6.07, 6.45) is 8.28. The average Bonchev–Trinajstić information content (AvgIpc) is 2.65. The van der Waals surface area contributed by atoms with E-state index in [1.165, 1.54) is 16.3 Å². The fraction of sp³-hybridized carbons (Fsp3) is 0.263. The summed E-state index contributed by atoms with van der Waals surface area (Å²) in [6, 6.07) is 14.9. The Bertz CT molecular complexity index is 718. The lowest BCUT2D eigenvalue weighted by Crippen LogP contribution is -2.37. The highest BCUT2D eigenvalue weighted by molar-refractivity contribution is 6.64. The molecule has 2 nitrogen and oxygen atoms in total. The van der Waals surface area contributed by atoms with E-state index in [1.807, 2.05) is 13.0 Å². The van der Waals surface area contributed by atoms with Crippen molar-refractivity contribution in [3.05, 3.63) is 72.3 Å². The minimum absolute atomic E-state index is 0.0112. The van der Waals surface area contributed by atoms with Crippen molar-refractivity contribution in [2.24, 2.45) is 0 Å². The van der Waals surface area contributed by atoms with Gasteiger partial charge >= 0.3 is 8.56 Å². The van der Waals surface area contributed by atoms with Gasteiger partial charge < -0.3 is 8.85 Å². The van der Waals surface area contributed by atoms with Gasteiger partial charge in [0.05, 0.1) is 12.2 Å². The summed E-state index contributed by atoms with van der Waals surface area (Å²) in [5.74, 6) is 0. The normalized spacial score (nSPS) is 24.7. The third-order valence-electron chi connectivity index (χ3n) is 3.79. The summed E-state index contributed by atoms with van der Waals surface area (Å²) in [6.45, 7) is 6.22.